The van der Waals surface area contributed by atoms with E-state index in [0.717, 1.165) is 5.75 Å². The Hall–Kier alpha value is 0.310. The lowest BCUT2D eigenvalue weighted by Crippen LogP contribution is -2.25. The molecule has 0 aliphatic rings. The van der Waals surface area contributed by atoms with E-state index in [2.05, 4.69) is 31.4 Å². The van der Waals surface area contributed by atoms with Crippen LogP contribution in [0, 0.1) is 0 Å². The van der Waals surface area contributed by atoms with Crippen molar-refractivity contribution in [3.63, 3.8) is 0 Å². The van der Waals surface area contributed by atoms with Gasteiger partial charge in [0.25, 0.3) is 0 Å². The van der Waals surface area contributed by atoms with Crippen molar-refractivity contribution in [1.82, 2.24) is 4.90 Å². The lowest BCUT2D eigenvalue weighted by molar-refractivity contribution is 0.279. The fourth-order valence-corrected chi connectivity index (χ4v) is 1.48. The molecule has 0 saturated carbocycles. The van der Waals surface area contributed by atoms with E-state index in [1.165, 1.54) is 45.3 Å². The Morgan fingerprint density at radius 3 is 2.17 bits per heavy atom. The van der Waals surface area contributed by atoms with E-state index in [9.17, 15) is 0 Å². The quantitative estimate of drug-likeness (QED) is 0.454. The van der Waals surface area contributed by atoms with Crippen LogP contribution in [0.15, 0.2) is 0 Å². The zero-order valence-corrected chi connectivity index (χ0v) is 9.45. The first-order valence-corrected chi connectivity index (χ1v) is 5.81. The summed E-state index contributed by atoms with van der Waals surface area (Å²) < 4.78 is 0. The van der Waals surface area contributed by atoms with Crippen LogP contribution < -0.4 is 0 Å². The summed E-state index contributed by atoms with van der Waals surface area (Å²) in [6.45, 7) is 8.24. The van der Waals surface area contributed by atoms with Gasteiger partial charge in [0, 0.05) is 0 Å². The Balaban J connectivity index is 3.26. The second kappa shape index (κ2) is 9.40. The number of hydrogen-bond donors (Lipinski definition) is 1. The molecule has 0 aromatic carbocycles. The maximum Gasteiger partial charge on any atom is -0.00186 e. The van der Waals surface area contributed by atoms with Gasteiger partial charge >= 0.3 is 0 Å². The zero-order chi connectivity index (χ0) is 9.23. The molecule has 0 atom stereocenters. The first kappa shape index (κ1) is 12.3. The number of unbranched alkanes of at least 4 members (excludes halogenated alkanes) is 2. The van der Waals surface area contributed by atoms with Crippen LogP contribution in [0.2, 0.25) is 0 Å². The highest BCUT2D eigenvalue weighted by atomic mass is 32.1. The molecule has 0 amide bonds. The van der Waals surface area contributed by atoms with E-state index in [4.69, 9.17) is 0 Å². The first-order valence-electron chi connectivity index (χ1n) is 5.18. The van der Waals surface area contributed by atoms with Crippen LogP contribution in [0.1, 0.15) is 39.5 Å². The van der Waals surface area contributed by atoms with Gasteiger partial charge in [-0.15, -0.1) is 0 Å². The third-order valence-electron chi connectivity index (χ3n) is 2.16. The van der Waals surface area contributed by atoms with Crippen molar-refractivity contribution in [2.75, 3.05) is 25.4 Å². The number of thiol groups is 1. The largest absolute Gasteiger partial charge is 0.304 e. The first-order chi connectivity index (χ1) is 5.85. The number of rotatable bonds is 8. The molecular formula is C10H23NS. The molecule has 0 unspecified atom stereocenters. The van der Waals surface area contributed by atoms with E-state index in [0.29, 0.717) is 0 Å². The molecule has 0 N–H and O–H groups in total. The van der Waals surface area contributed by atoms with Gasteiger partial charge in [0.05, 0.1) is 0 Å². The average Bonchev–Trinajstić information content (AvgIpc) is 2.11. The van der Waals surface area contributed by atoms with Crippen LogP contribution in [0.25, 0.3) is 0 Å². The van der Waals surface area contributed by atoms with Crippen LogP contribution in [0.3, 0.4) is 0 Å². The molecule has 0 saturated heterocycles. The van der Waals surface area contributed by atoms with E-state index >= 15 is 0 Å². The summed E-state index contributed by atoms with van der Waals surface area (Å²) in [7, 11) is 0. The predicted molar refractivity (Wildman–Crippen MR) is 60.1 cm³/mol. The lowest BCUT2D eigenvalue weighted by Gasteiger charge is -2.19. The van der Waals surface area contributed by atoms with E-state index < -0.39 is 0 Å². The van der Waals surface area contributed by atoms with Crippen molar-refractivity contribution in [3.8, 4) is 0 Å². The van der Waals surface area contributed by atoms with Crippen LogP contribution in [-0.2, 0) is 0 Å². The summed E-state index contributed by atoms with van der Waals surface area (Å²) in [5.74, 6) is 1.03. The van der Waals surface area contributed by atoms with Crippen LogP contribution >= 0.6 is 12.6 Å². The molecule has 74 valence electrons. The Labute approximate surface area is 82.9 Å². The fraction of sp³-hybridized carbons (Fsp3) is 1.00. The van der Waals surface area contributed by atoms with Crippen molar-refractivity contribution in [1.29, 1.82) is 0 Å². The molecule has 0 heterocycles. The Bertz CT molecular complexity index is 85.9. The van der Waals surface area contributed by atoms with Gasteiger partial charge in [0.1, 0.15) is 0 Å². The summed E-state index contributed by atoms with van der Waals surface area (Å²) in [5, 5.41) is 0. The van der Waals surface area contributed by atoms with Gasteiger partial charge in [0.15, 0.2) is 0 Å². The topological polar surface area (TPSA) is 3.24 Å². The minimum Gasteiger partial charge on any atom is -0.304 e. The minimum atomic E-state index is 1.03. The van der Waals surface area contributed by atoms with E-state index in [-0.39, 0.29) is 0 Å². The molecule has 0 bridgehead atoms. The summed E-state index contributed by atoms with van der Waals surface area (Å²) in [6, 6.07) is 0. The summed E-state index contributed by atoms with van der Waals surface area (Å²) >= 11 is 4.20. The minimum absolute atomic E-state index is 1.03. The maximum absolute atomic E-state index is 4.20. The zero-order valence-electron chi connectivity index (χ0n) is 8.55. The van der Waals surface area contributed by atoms with Crippen LogP contribution in [0.4, 0.5) is 0 Å². The summed E-state index contributed by atoms with van der Waals surface area (Å²) in [5.41, 5.74) is 0. The van der Waals surface area contributed by atoms with Crippen LogP contribution in [-0.4, -0.2) is 30.3 Å². The van der Waals surface area contributed by atoms with Gasteiger partial charge in [-0.1, -0.05) is 20.3 Å². The van der Waals surface area contributed by atoms with Crippen molar-refractivity contribution < 1.29 is 0 Å². The molecule has 0 spiro atoms. The van der Waals surface area contributed by atoms with Crippen molar-refractivity contribution in [3.05, 3.63) is 0 Å². The Morgan fingerprint density at radius 1 is 1.00 bits per heavy atom. The Morgan fingerprint density at radius 2 is 1.67 bits per heavy atom. The van der Waals surface area contributed by atoms with Gasteiger partial charge in [-0.3, -0.25) is 0 Å². The van der Waals surface area contributed by atoms with Gasteiger partial charge in [0.2, 0.25) is 0 Å². The smallest absolute Gasteiger partial charge is 0.00186 e. The molecule has 12 heavy (non-hydrogen) atoms. The number of nitrogens with zero attached hydrogens (tertiary/aromatic N) is 1. The number of hydrogen-bond acceptors (Lipinski definition) is 2. The van der Waals surface area contributed by atoms with Gasteiger partial charge in [-0.2, -0.15) is 12.6 Å². The van der Waals surface area contributed by atoms with Crippen molar-refractivity contribution in [2.24, 2.45) is 0 Å². The highest BCUT2D eigenvalue weighted by Crippen LogP contribution is 1.99. The third-order valence-corrected chi connectivity index (χ3v) is 2.47. The van der Waals surface area contributed by atoms with Gasteiger partial charge in [-0.05, 0) is 44.6 Å². The van der Waals surface area contributed by atoms with Crippen LogP contribution in [0.5, 0.6) is 0 Å². The van der Waals surface area contributed by atoms with Crippen molar-refractivity contribution >= 4 is 12.6 Å². The average molecular weight is 189 g/mol. The molecule has 0 fully saturated rings. The highest BCUT2D eigenvalue weighted by Gasteiger charge is 1.99. The molecule has 0 rings (SSSR count). The van der Waals surface area contributed by atoms with E-state index in [1.807, 2.05) is 0 Å². The second-order valence-corrected chi connectivity index (χ2v) is 3.67. The highest BCUT2D eigenvalue weighted by molar-refractivity contribution is 7.80. The normalized spacial score (nSPS) is 11.0. The molecule has 0 radical (unpaired) electrons. The monoisotopic (exact) mass is 189 g/mol. The molecule has 0 aliphatic heterocycles. The lowest BCUT2D eigenvalue weighted by atomic mass is 10.2. The molecule has 0 aromatic heterocycles. The SMILES string of the molecule is CCCCN(CC)CCCCS. The summed E-state index contributed by atoms with van der Waals surface area (Å²) in [6.07, 6.45) is 5.21. The third kappa shape index (κ3) is 6.99. The molecule has 2 heteroatoms. The van der Waals surface area contributed by atoms with Gasteiger partial charge in [-0.25, -0.2) is 0 Å². The Kier molecular flexibility index (Phi) is 9.64. The van der Waals surface area contributed by atoms with E-state index in [1.54, 1.807) is 0 Å². The molecule has 0 aliphatic carbocycles. The van der Waals surface area contributed by atoms with Gasteiger partial charge < -0.3 is 4.90 Å². The second-order valence-electron chi connectivity index (χ2n) is 3.22. The predicted octanol–water partition coefficient (Wildman–Crippen LogP) is 2.82. The molecule has 0 aromatic rings. The fourth-order valence-electron chi connectivity index (χ4n) is 1.26. The standard InChI is InChI=1S/C10H23NS/c1-3-5-8-11(4-2)9-6-7-10-12/h12H,3-10H2,1-2H3. The molecule has 1 nitrogen and oxygen atoms in total. The summed E-state index contributed by atoms with van der Waals surface area (Å²) in [4.78, 5) is 2.53. The maximum atomic E-state index is 4.20. The molecular weight excluding hydrogens is 166 g/mol. The van der Waals surface area contributed by atoms with Crippen molar-refractivity contribution in [2.45, 2.75) is 39.5 Å².